The lowest BCUT2D eigenvalue weighted by Crippen LogP contribution is -2.37. The Bertz CT molecular complexity index is 294. The van der Waals surface area contributed by atoms with E-state index in [4.69, 9.17) is 0 Å². The Morgan fingerprint density at radius 2 is 1.20 bits per heavy atom. The van der Waals surface area contributed by atoms with Gasteiger partial charge in [0, 0.05) is 40.0 Å². The molecule has 0 aliphatic rings. The molecule has 0 aromatic heterocycles. The Morgan fingerprint density at radius 1 is 0.850 bits per heavy atom. The molecule has 0 bridgehead atoms. The van der Waals surface area contributed by atoms with Gasteiger partial charge in [-0.15, -0.1) is 13.2 Å². The number of carbonyl (C=O) groups is 2. The molecule has 4 nitrogen and oxygen atoms in total. The van der Waals surface area contributed by atoms with Crippen LogP contribution < -0.4 is 0 Å². The van der Waals surface area contributed by atoms with Crippen LogP contribution in [0.4, 0.5) is 0 Å². The molecule has 4 heteroatoms. The fraction of sp³-hybridized carbons (Fsp3) is 0.625. The minimum atomic E-state index is 0.124. The summed E-state index contributed by atoms with van der Waals surface area (Å²) in [5.74, 6) is 0.249. The molecule has 0 saturated carbocycles. The molecule has 0 aromatic carbocycles. The predicted octanol–water partition coefficient (Wildman–Crippen LogP) is 2.62. The van der Waals surface area contributed by atoms with Crippen molar-refractivity contribution in [2.24, 2.45) is 0 Å². The second-order valence-electron chi connectivity index (χ2n) is 4.99. The highest BCUT2D eigenvalue weighted by molar-refractivity contribution is 5.77. The average Bonchev–Trinajstić information content (AvgIpc) is 2.44. The Labute approximate surface area is 123 Å². The summed E-state index contributed by atoms with van der Waals surface area (Å²) in [6.07, 6.45) is 8.12. The van der Waals surface area contributed by atoms with Crippen molar-refractivity contribution < 1.29 is 9.59 Å². The molecule has 0 radical (unpaired) electrons. The summed E-state index contributed by atoms with van der Waals surface area (Å²) < 4.78 is 0. The molecule has 0 N–H and O–H groups in total. The maximum atomic E-state index is 11.8. The zero-order chi connectivity index (χ0) is 15.4. The maximum Gasteiger partial charge on any atom is 0.222 e. The van der Waals surface area contributed by atoms with Gasteiger partial charge in [0.1, 0.15) is 0 Å². The summed E-state index contributed by atoms with van der Waals surface area (Å²) >= 11 is 0. The fourth-order valence-corrected chi connectivity index (χ4v) is 1.73. The van der Waals surface area contributed by atoms with E-state index in [1.165, 1.54) is 0 Å². The van der Waals surface area contributed by atoms with Crippen LogP contribution in [0.25, 0.3) is 0 Å². The van der Waals surface area contributed by atoms with Gasteiger partial charge in [-0.3, -0.25) is 9.59 Å². The minimum Gasteiger partial charge on any atom is -0.344 e. The number of hydrogen-bond acceptors (Lipinski definition) is 2. The molecule has 114 valence electrons. The van der Waals surface area contributed by atoms with Crippen molar-refractivity contribution in [3.8, 4) is 0 Å². The number of allylic oxidation sites excluding steroid dienone is 2. The van der Waals surface area contributed by atoms with Gasteiger partial charge >= 0.3 is 0 Å². The molecule has 0 unspecified atom stereocenters. The van der Waals surface area contributed by atoms with E-state index in [1.807, 2.05) is 12.2 Å². The van der Waals surface area contributed by atoms with Gasteiger partial charge in [-0.1, -0.05) is 12.2 Å². The van der Waals surface area contributed by atoms with E-state index in [1.54, 1.807) is 23.9 Å². The smallest absolute Gasteiger partial charge is 0.222 e. The highest BCUT2D eigenvalue weighted by atomic mass is 16.2. The number of carbonyl (C=O) groups excluding carboxylic acids is 2. The number of likely N-dealkylation sites (N-methyl/N-ethyl adjacent to an activating group) is 2. The van der Waals surface area contributed by atoms with Gasteiger partial charge in [-0.2, -0.15) is 0 Å². The monoisotopic (exact) mass is 280 g/mol. The summed E-state index contributed by atoms with van der Waals surface area (Å²) in [4.78, 5) is 27.0. The lowest BCUT2D eigenvalue weighted by atomic mass is 10.2. The van der Waals surface area contributed by atoms with Crippen molar-refractivity contribution in [1.29, 1.82) is 0 Å². The lowest BCUT2D eigenvalue weighted by molar-refractivity contribution is -0.133. The summed E-state index contributed by atoms with van der Waals surface area (Å²) in [5, 5.41) is 0. The average molecular weight is 280 g/mol. The maximum absolute atomic E-state index is 11.8. The predicted molar refractivity (Wildman–Crippen MR) is 83.4 cm³/mol. The third kappa shape index (κ3) is 8.51. The van der Waals surface area contributed by atoms with Crippen LogP contribution >= 0.6 is 0 Å². The van der Waals surface area contributed by atoms with Crippen molar-refractivity contribution >= 4 is 11.8 Å². The van der Waals surface area contributed by atoms with Crippen LogP contribution in [0, 0.1) is 0 Å². The number of amides is 2. The van der Waals surface area contributed by atoms with Gasteiger partial charge in [0.25, 0.3) is 0 Å². The molecule has 0 aliphatic carbocycles. The third-order valence-electron chi connectivity index (χ3n) is 3.22. The van der Waals surface area contributed by atoms with Crippen LogP contribution in [0.5, 0.6) is 0 Å². The van der Waals surface area contributed by atoms with E-state index in [0.29, 0.717) is 25.9 Å². The van der Waals surface area contributed by atoms with Gasteiger partial charge in [-0.25, -0.2) is 0 Å². The summed E-state index contributed by atoms with van der Waals surface area (Å²) in [6.45, 7) is 8.43. The number of hydrogen-bond donors (Lipinski definition) is 0. The number of nitrogens with zero attached hydrogens (tertiary/aromatic N) is 2. The van der Waals surface area contributed by atoms with Gasteiger partial charge in [0.05, 0.1) is 0 Å². The first-order chi connectivity index (χ1) is 9.52. The Balaban J connectivity index is 3.88. The topological polar surface area (TPSA) is 40.6 Å². The largest absolute Gasteiger partial charge is 0.344 e. The Hall–Kier alpha value is -1.58. The first-order valence-corrected chi connectivity index (χ1v) is 7.22. The first kappa shape index (κ1) is 18.4. The third-order valence-corrected chi connectivity index (χ3v) is 3.22. The van der Waals surface area contributed by atoms with Crippen LogP contribution in [-0.4, -0.2) is 48.8 Å². The van der Waals surface area contributed by atoms with E-state index < -0.39 is 0 Å². The molecule has 0 heterocycles. The molecule has 0 atom stereocenters. The molecule has 0 aromatic rings. The van der Waals surface area contributed by atoms with Gasteiger partial charge in [0.2, 0.25) is 11.8 Å². The van der Waals surface area contributed by atoms with E-state index >= 15 is 0 Å². The highest BCUT2D eigenvalue weighted by Crippen LogP contribution is 2.02. The molecule has 0 fully saturated rings. The van der Waals surface area contributed by atoms with Crippen LogP contribution in [0.1, 0.15) is 38.5 Å². The second kappa shape index (κ2) is 11.3. The van der Waals surface area contributed by atoms with Crippen LogP contribution in [0.3, 0.4) is 0 Å². The van der Waals surface area contributed by atoms with Crippen LogP contribution in [0.2, 0.25) is 0 Å². The van der Waals surface area contributed by atoms with Crippen molar-refractivity contribution in [2.75, 3.05) is 27.2 Å². The molecule has 20 heavy (non-hydrogen) atoms. The minimum absolute atomic E-state index is 0.124. The normalized spacial score (nSPS) is 9.90. The summed E-state index contributed by atoms with van der Waals surface area (Å²) in [6, 6.07) is 0. The Kier molecular flexibility index (Phi) is 10.4. The van der Waals surface area contributed by atoms with E-state index in [-0.39, 0.29) is 11.8 Å². The van der Waals surface area contributed by atoms with E-state index in [9.17, 15) is 9.59 Å². The van der Waals surface area contributed by atoms with Gasteiger partial charge in [0.15, 0.2) is 0 Å². The van der Waals surface area contributed by atoms with Crippen molar-refractivity contribution in [3.05, 3.63) is 25.3 Å². The zero-order valence-electron chi connectivity index (χ0n) is 12.9. The summed E-state index contributed by atoms with van der Waals surface area (Å²) in [7, 11) is 3.57. The van der Waals surface area contributed by atoms with Crippen molar-refractivity contribution in [3.63, 3.8) is 0 Å². The fourth-order valence-electron chi connectivity index (χ4n) is 1.73. The SMILES string of the molecule is C=CCCCC(=O)N(C)CCN(C)C(=O)CCCC=C. The first-order valence-electron chi connectivity index (χ1n) is 7.22. The molecular weight excluding hydrogens is 252 g/mol. The quantitative estimate of drug-likeness (QED) is 0.431. The number of rotatable bonds is 11. The molecule has 0 rings (SSSR count). The van der Waals surface area contributed by atoms with E-state index in [0.717, 1.165) is 25.7 Å². The van der Waals surface area contributed by atoms with Crippen molar-refractivity contribution in [1.82, 2.24) is 9.80 Å². The summed E-state index contributed by atoms with van der Waals surface area (Å²) in [5.41, 5.74) is 0. The van der Waals surface area contributed by atoms with E-state index in [2.05, 4.69) is 13.2 Å². The van der Waals surface area contributed by atoms with Gasteiger partial charge < -0.3 is 9.80 Å². The molecular formula is C16H28N2O2. The van der Waals surface area contributed by atoms with Crippen LogP contribution in [0.15, 0.2) is 25.3 Å². The molecule has 0 spiro atoms. The molecule has 0 aliphatic heterocycles. The standard InChI is InChI=1S/C16H28N2O2/c1-5-7-9-11-15(19)17(3)13-14-18(4)16(20)12-10-8-6-2/h5-6H,1-2,7-14H2,3-4H3. The van der Waals surface area contributed by atoms with Crippen LogP contribution in [-0.2, 0) is 9.59 Å². The van der Waals surface area contributed by atoms with Gasteiger partial charge in [-0.05, 0) is 25.7 Å². The molecule has 2 amide bonds. The highest BCUT2D eigenvalue weighted by Gasteiger charge is 2.11. The lowest BCUT2D eigenvalue weighted by Gasteiger charge is -2.22. The second-order valence-corrected chi connectivity index (χ2v) is 4.99. The zero-order valence-corrected chi connectivity index (χ0v) is 12.9. The molecule has 0 saturated heterocycles. The number of unbranched alkanes of at least 4 members (excludes halogenated alkanes) is 2. The Morgan fingerprint density at radius 3 is 1.50 bits per heavy atom. The van der Waals surface area contributed by atoms with Crippen molar-refractivity contribution in [2.45, 2.75) is 38.5 Å².